The number of hydrogen-bond acceptors (Lipinski definition) is 3. The first kappa shape index (κ1) is 18.9. The van der Waals surface area contributed by atoms with Gasteiger partial charge in [-0.1, -0.05) is 28.1 Å². The van der Waals surface area contributed by atoms with Crippen LogP contribution in [0, 0.1) is 0 Å². The van der Waals surface area contributed by atoms with Crippen LogP contribution in [0.2, 0.25) is 0 Å². The molecule has 150 valence electrons. The molecule has 2 aromatic carbocycles. The highest BCUT2D eigenvalue weighted by atomic mass is 79.9. The van der Waals surface area contributed by atoms with Gasteiger partial charge in [0.05, 0.1) is 17.3 Å². The Morgan fingerprint density at radius 1 is 1.20 bits per heavy atom. The van der Waals surface area contributed by atoms with Crippen molar-refractivity contribution in [1.82, 2.24) is 9.88 Å². The van der Waals surface area contributed by atoms with Crippen molar-refractivity contribution in [3.63, 3.8) is 0 Å². The van der Waals surface area contributed by atoms with E-state index in [1.165, 1.54) is 0 Å². The lowest BCUT2D eigenvalue weighted by Crippen LogP contribution is -2.36. The number of nitrogens with one attached hydrogen (secondary N) is 2. The molecule has 0 aliphatic carbocycles. The second-order valence-corrected chi connectivity index (χ2v) is 8.51. The molecule has 0 spiro atoms. The quantitative estimate of drug-likeness (QED) is 0.531. The highest BCUT2D eigenvalue weighted by molar-refractivity contribution is 9.10. The number of rotatable bonds is 3. The molecule has 2 N–H and O–H groups in total. The van der Waals surface area contributed by atoms with Crippen molar-refractivity contribution in [1.29, 1.82) is 0 Å². The van der Waals surface area contributed by atoms with Gasteiger partial charge in [0.25, 0.3) is 5.91 Å². The van der Waals surface area contributed by atoms with Gasteiger partial charge in [0, 0.05) is 39.9 Å². The zero-order valence-electron chi connectivity index (χ0n) is 16.2. The number of allylic oxidation sites excluding steroid dienone is 2. The molecule has 1 saturated heterocycles. The van der Waals surface area contributed by atoms with Gasteiger partial charge in [-0.15, -0.1) is 0 Å². The van der Waals surface area contributed by atoms with Crippen LogP contribution >= 0.6 is 15.9 Å². The molecule has 3 aromatic rings. The van der Waals surface area contributed by atoms with E-state index in [0.717, 1.165) is 45.2 Å². The predicted molar refractivity (Wildman–Crippen MR) is 122 cm³/mol. The fourth-order valence-corrected chi connectivity index (χ4v) is 4.62. The summed E-state index contributed by atoms with van der Waals surface area (Å²) in [6, 6.07) is 13.4. The van der Waals surface area contributed by atoms with E-state index in [0.29, 0.717) is 12.1 Å². The molecule has 1 amide bonds. The summed E-state index contributed by atoms with van der Waals surface area (Å²) in [6.45, 7) is 0.713. The minimum atomic E-state index is -0.111. The number of H-pyrrole nitrogens is 1. The topological polar surface area (TPSA) is 65.2 Å². The third-order valence-electron chi connectivity index (χ3n) is 5.71. The molecule has 5 rings (SSSR count). The molecule has 2 aliphatic heterocycles. The minimum Gasteiger partial charge on any atom is -0.361 e. The van der Waals surface area contributed by atoms with Crippen LogP contribution in [-0.4, -0.2) is 34.2 Å². The second kappa shape index (κ2) is 7.61. The first-order valence-electron chi connectivity index (χ1n) is 9.97. The Balaban J connectivity index is 1.45. The Kier molecular flexibility index (Phi) is 4.79. The summed E-state index contributed by atoms with van der Waals surface area (Å²) in [4.78, 5) is 30.8. The number of amides is 1. The van der Waals surface area contributed by atoms with Gasteiger partial charge < -0.3 is 15.2 Å². The number of carbonyl (C=O) groups is 2. The van der Waals surface area contributed by atoms with Gasteiger partial charge >= 0.3 is 0 Å². The Hall–Kier alpha value is -3.12. The van der Waals surface area contributed by atoms with Crippen LogP contribution in [0.15, 0.2) is 71.0 Å². The number of nitrogens with zero attached hydrogens (tertiary/aromatic N) is 1. The number of ketones is 1. The minimum absolute atomic E-state index is 0.0244. The normalized spacial score (nSPS) is 19.8. The molecule has 30 heavy (non-hydrogen) atoms. The SMILES string of the molecule is O=C(/C=C/c1c[nH]c2ccc(Br)cc12)/C=C1/Nc2ccccc2C(=O)N2CCCC12. The van der Waals surface area contributed by atoms with Gasteiger partial charge in [0.15, 0.2) is 5.78 Å². The highest BCUT2D eigenvalue weighted by Crippen LogP contribution is 2.33. The summed E-state index contributed by atoms with van der Waals surface area (Å²) in [5.74, 6) is -0.0862. The molecule has 5 nitrogen and oxygen atoms in total. The van der Waals surface area contributed by atoms with Crippen LogP contribution in [0.25, 0.3) is 17.0 Å². The smallest absolute Gasteiger partial charge is 0.256 e. The molecular formula is C24H20BrN3O2. The summed E-state index contributed by atoms with van der Waals surface area (Å²) in [5.41, 5.74) is 4.16. The lowest BCUT2D eigenvalue weighted by Gasteiger charge is -2.23. The van der Waals surface area contributed by atoms with E-state index >= 15 is 0 Å². The van der Waals surface area contributed by atoms with Gasteiger partial charge in [-0.2, -0.15) is 0 Å². The number of anilines is 1. The van der Waals surface area contributed by atoms with Crippen LogP contribution in [0.3, 0.4) is 0 Å². The summed E-state index contributed by atoms with van der Waals surface area (Å²) in [6.07, 6.45) is 8.71. The average Bonchev–Trinajstić information content (AvgIpc) is 3.36. The maximum absolute atomic E-state index is 12.9. The lowest BCUT2D eigenvalue weighted by molar-refractivity contribution is -0.110. The number of benzene rings is 2. The van der Waals surface area contributed by atoms with Crippen LogP contribution in [0.4, 0.5) is 5.69 Å². The van der Waals surface area contributed by atoms with Gasteiger partial charge in [-0.3, -0.25) is 9.59 Å². The molecule has 1 fully saturated rings. The third kappa shape index (κ3) is 3.37. The number of fused-ring (bicyclic) bond motifs is 3. The molecule has 0 saturated carbocycles. The van der Waals surface area contributed by atoms with Crippen LogP contribution in [-0.2, 0) is 4.79 Å². The summed E-state index contributed by atoms with van der Waals surface area (Å²) in [5, 5.41) is 4.41. The number of aromatic amines is 1. The number of halogens is 1. The Labute approximate surface area is 182 Å². The Morgan fingerprint density at radius 2 is 2.07 bits per heavy atom. The average molecular weight is 462 g/mol. The second-order valence-electron chi connectivity index (χ2n) is 7.60. The van der Waals surface area contributed by atoms with Crippen LogP contribution < -0.4 is 5.32 Å². The monoisotopic (exact) mass is 461 g/mol. The van der Waals surface area contributed by atoms with Crippen LogP contribution in [0.1, 0.15) is 28.8 Å². The molecule has 1 aromatic heterocycles. The van der Waals surface area contributed by atoms with Crippen molar-refractivity contribution < 1.29 is 9.59 Å². The molecule has 6 heteroatoms. The third-order valence-corrected chi connectivity index (χ3v) is 6.20. The molecule has 1 atom stereocenters. The largest absolute Gasteiger partial charge is 0.361 e. The van der Waals surface area contributed by atoms with Crippen LogP contribution in [0.5, 0.6) is 0 Å². The Bertz CT molecular complexity index is 1220. The van der Waals surface area contributed by atoms with Gasteiger partial charge in [-0.25, -0.2) is 0 Å². The lowest BCUT2D eigenvalue weighted by atomic mass is 10.1. The Morgan fingerprint density at radius 3 is 2.97 bits per heavy atom. The summed E-state index contributed by atoms with van der Waals surface area (Å²) < 4.78 is 0.991. The van der Waals surface area contributed by atoms with Gasteiger partial charge in [-0.05, 0) is 60.9 Å². The van der Waals surface area contributed by atoms with E-state index < -0.39 is 0 Å². The maximum Gasteiger partial charge on any atom is 0.256 e. The van der Waals surface area contributed by atoms with Crippen molar-refractivity contribution in [2.45, 2.75) is 18.9 Å². The first-order valence-corrected chi connectivity index (χ1v) is 10.8. The summed E-state index contributed by atoms with van der Waals surface area (Å²) in [7, 11) is 0. The molecule has 0 bridgehead atoms. The fourth-order valence-electron chi connectivity index (χ4n) is 4.26. The number of aromatic nitrogens is 1. The van der Waals surface area contributed by atoms with Gasteiger partial charge in [0.1, 0.15) is 0 Å². The molecular weight excluding hydrogens is 442 g/mol. The molecule has 2 aliphatic rings. The van der Waals surface area contributed by atoms with Crippen molar-refractivity contribution >= 4 is 50.3 Å². The standard InChI is InChI=1S/C24H20BrN3O2/c25-16-8-10-20-19(12-16)15(14-26-20)7-9-17(29)13-22-23-6-3-11-28(23)24(30)18-4-1-2-5-21(18)27-22/h1-2,4-5,7-10,12-14,23,26-27H,3,6,11H2/b9-7+,22-13+. The van der Waals surface area contributed by atoms with E-state index in [-0.39, 0.29) is 17.7 Å². The van der Waals surface area contributed by atoms with E-state index in [2.05, 4.69) is 26.2 Å². The molecule has 0 radical (unpaired) electrons. The van der Waals surface area contributed by atoms with Crippen molar-refractivity contribution in [2.24, 2.45) is 0 Å². The molecule has 3 heterocycles. The maximum atomic E-state index is 12.9. The van der Waals surface area contributed by atoms with E-state index in [9.17, 15) is 9.59 Å². The van der Waals surface area contributed by atoms with Crippen molar-refractivity contribution in [3.8, 4) is 0 Å². The van der Waals surface area contributed by atoms with E-state index in [4.69, 9.17) is 0 Å². The number of hydrogen-bond donors (Lipinski definition) is 2. The van der Waals surface area contributed by atoms with E-state index in [1.807, 2.05) is 59.6 Å². The predicted octanol–water partition coefficient (Wildman–Crippen LogP) is 5.13. The zero-order valence-corrected chi connectivity index (χ0v) is 17.8. The zero-order chi connectivity index (χ0) is 20.7. The first-order chi connectivity index (χ1) is 14.6. The number of carbonyl (C=O) groups excluding carboxylic acids is 2. The van der Waals surface area contributed by atoms with Crippen molar-refractivity contribution in [3.05, 3.63) is 82.1 Å². The summed E-state index contributed by atoms with van der Waals surface area (Å²) >= 11 is 3.49. The van der Waals surface area contributed by atoms with E-state index in [1.54, 1.807) is 12.2 Å². The van der Waals surface area contributed by atoms with Gasteiger partial charge in [0.2, 0.25) is 0 Å². The molecule has 1 unspecified atom stereocenters. The number of para-hydroxylation sites is 1. The highest BCUT2D eigenvalue weighted by Gasteiger charge is 2.36. The van der Waals surface area contributed by atoms with Crippen molar-refractivity contribution in [2.75, 3.05) is 11.9 Å². The fraction of sp³-hybridized carbons (Fsp3) is 0.167.